The third-order valence-electron chi connectivity index (χ3n) is 0. The van der Waals surface area contributed by atoms with Gasteiger partial charge in [-0.15, -0.1) is 0 Å². The normalized spacial score (nSPS) is 3.43. The maximum Gasteiger partial charge on any atom is 3.00 e. The van der Waals surface area contributed by atoms with Gasteiger partial charge >= 0.3 is 78.2 Å². The monoisotopic (exact) mass is 167 g/mol. The van der Waals surface area contributed by atoms with Crippen LogP contribution in [0.1, 0.15) is 0 Å². The Labute approximate surface area is 99.7 Å². The fraction of sp³-hybridized carbons (Fsp3) is 0. The molecule has 3 nitrogen and oxygen atoms in total. The average Bonchev–Trinajstić information content (AvgIpc) is 0.811. The zero-order chi connectivity index (χ0) is 3.58. The molecule has 24 valence electrons. The molecule has 0 radical (unpaired) electrons. The van der Waals surface area contributed by atoms with E-state index in [1.807, 2.05) is 0 Å². The van der Waals surface area contributed by atoms with E-state index < -0.39 is 9.17 Å². The smallest absolute Gasteiger partial charge is 0.672 e. The third-order valence-corrected chi connectivity index (χ3v) is 0. The topological polar surface area (TPSA) is 63.2 Å². The van der Waals surface area contributed by atoms with Crippen LogP contribution in [0.3, 0.4) is 0 Å². The van der Waals surface area contributed by atoms with Crippen LogP contribution in [0.2, 0.25) is 0 Å². The zero-order valence-corrected chi connectivity index (χ0v) is 9.49. The first-order valence-electron chi connectivity index (χ1n) is 0.612. The molecular weight excluding hydrogens is 167 g/mol. The molecule has 0 fully saturated rings. The third kappa shape index (κ3) is 65.9. The van der Waals surface area contributed by atoms with Gasteiger partial charge in [0.25, 0.3) is 0 Å². The van der Waals surface area contributed by atoms with E-state index in [0.29, 0.717) is 0 Å². The minimum absolute atomic E-state index is 0. The Hall–Kier alpha value is 2.18. The zero-order valence-electron chi connectivity index (χ0n) is 3.72. The van der Waals surface area contributed by atoms with Gasteiger partial charge in [-0.2, -0.15) is 0 Å². The van der Waals surface area contributed by atoms with Crippen LogP contribution in [0.15, 0.2) is 0 Å². The van der Waals surface area contributed by atoms with Gasteiger partial charge < -0.3 is 14.1 Å². The van der Waals surface area contributed by atoms with Crippen molar-refractivity contribution >= 4 is 87.3 Å². The maximum atomic E-state index is 8.52. The average molecular weight is 167 g/mol. The Morgan fingerprint density at radius 2 is 1.29 bits per heavy atom. The molecule has 0 heterocycles. The van der Waals surface area contributed by atoms with Gasteiger partial charge in [0, 0.05) is 9.17 Å². The molecule has 7 heavy (non-hydrogen) atoms. The van der Waals surface area contributed by atoms with Crippen molar-refractivity contribution in [2.24, 2.45) is 0 Å². The van der Waals surface area contributed by atoms with E-state index in [4.69, 9.17) is 14.1 Å². The molecule has 0 N–H and O–H groups in total. The second kappa shape index (κ2) is 15.7. The summed E-state index contributed by atoms with van der Waals surface area (Å²) in [6.45, 7) is 0. The molecule has 0 amide bonds. The first-order valence-corrected chi connectivity index (χ1v) is 1.84. The summed E-state index contributed by atoms with van der Waals surface area (Å²) in [6.07, 6.45) is 0. The summed E-state index contributed by atoms with van der Waals surface area (Å²) in [5.41, 5.74) is 0. The summed E-state index contributed by atoms with van der Waals surface area (Å²) in [5, 5.41) is 0. The van der Waals surface area contributed by atoms with Gasteiger partial charge in [-0.3, -0.25) is 0 Å². The van der Waals surface area contributed by atoms with Crippen molar-refractivity contribution in [1.29, 1.82) is 0 Å². The second-order valence-electron chi connectivity index (χ2n) is 0.250. The molecule has 0 spiro atoms. The van der Waals surface area contributed by atoms with E-state index in [1.54, 1.807) is 0 Å². The largest absolute Gasteiger partial charge is 3.00 e. The van der Waals surface area contributed by atoms with Gasteiger partial charge in [0.05, 0.1) is 0 Å². The molecule has 0 aliphatic carbocycles. The molecule has 0 aromatic carbocycles. The van der Waals surface area contributed by atoms with Gasteiger partial charge in [0.15, 0.2) is 0 Å². The molecular formula is AlCaMgO3Si+5. The van der Waals surface area contributed by atoms with E-state index >= 15 is 0 Å². The Morgan fingerprint density at radius 3 is 1.29 bits per heavy atom. The van der Waals surface area contributed by atoms with Crippen LogP contribution in [0, 0.1) is 0 Å². The van der Waals surface area contributed by atoms with Gasteiger partial charge in [-0.1, -0.05) is 0 Å². The van der Waals surface area contributed by atoms with E-state index in [0.717, 1.165) is 0 Å². The first-order chi connectivity index (χ1) is 1.73. The SMILES string of the molecule is O=[Si]([O-])[O-].[Al+3].[Ca+2].[Mg+2]. The molecule has 0 aromatic rings. The number of rotatable bonds is 0. The van der Waals surface area contributed by atoms with E-state index in [-0.39, 0.29) is 78.2 Å². The minimum Gasteiger partial charge on any atom is -0.672 e. The van der Waals surface area contributed by atoms with Crippen LogP contribution < -0.4 is 9.59 Å². The van der Waals surface area contributed by atoms with Crippen LogP contribution in [0.5, 0.6) is 0 Å². The molecule has 0 aromatic heterocycles. The summed E-state index contributed by atoms with van der Waals surface area (Å²) in [6, 6.07) is 0. The first kappa shape index (κ1) is 22.9. The standard InChI is InChI=1S/Al.Ca.Mg.O3Si/c;;;1-4(2)3/q+3;2*+2;-2. The van der Waals surface area contributed by atoms with Crippen LogP contribution in [0.4, 0.5) is 0 Å². The predicted molar refractivity (Wildman–Crippen MR) is 23.7 cm³/mol. The molecule has 0 rings (SSSR count). The Kier molecular flexibility index (Phi) is 51.4. The van der Waals surface area contributed by atoms with Crippen molar-refractivity contribution < 1.29 is 14.1 Å². The molecule has 0 saturated heterocycles. The Balaban J connectivity index is -0.0000000150. The van der Waals surface area contributed by atoms with Crippen molar-refractivity contribution in [3.05, 3.63) is 0 Å². The van der Waals surface area contributed by atoms with Crippen molar-refractivity contribution in [3.63, 3.8) is 0 Å². The summed E-state index contributed by atoms with van der Waals surface area (Å²) >= 11 is 0. The van der Waals surface area contributed by atoms with Crippen LogP contribution >= 0.6 is 0 Å². The van der Waals surface area contributed by atoms with Crippen molar-refractivity contribution in [1.82, 2.24) is 0 Å². The fourth-order valence-corrected chi connectivity index (χ4v) is 0. The number of hydrogen-bond acceptors (Lipinski definition) is 3. The molecule has 0 aliphatic rings. The van der Waals surface area contributed by atoms with Gasteiger partial charge in [0.1, 0.15) is 0 Å². The Morgan fingerprint density at radius 1 is 1.29 bits per heavy atom. The van der Waals surface area contributed by atoms with Crippen molar-refractivity contribution in [2.45, 2.75) is 0 Å². The molecule has 0 bridgehead atoms. The molecule has 0 aliphatic heterocycles. The maximum absolute atomic E-state index is 8.52. The predicted octanol–water partition coefficient (Wildman–Crippen LogP) is -4.02. The second-order valence-corrected chi connectivity index (χ2v) is 0.750. The fourth-order valence-electron chi connectivity index (χ4n) is 0. The van der Waals surface area contributed by atoms with Gasteiger partial charge in [-0.25, -0.2) is 0 Å². The van der Waals surface area contributed by atoms with Crippen LogP contribution in [-0.4, -0.2) is 87.3 Å². The summed E-state index contributed by atoms with van der Waals surface area (Å²) in [7, 11) is -3.63. The molecule has 0 unspecified atom stereocenters. The quantitative estimate of drug-likeness (QED) is 0.345. The van der Waals surface area contributed by atoms with E-state index in [1.165, 1.54) is 0 Å². The molecule has 7 heteroatoms. The molecule has 0 atom stereocenters. The van der Waals surface area contributed by atoms with E-state index in [9.17, 15) is 0 Å². The van der Waals surface area contributed by atoms with Crippen molar-refractivity contribution in [3.8, 4) is 0 Å². The molecule has 0 saturated carbocycles. The van der Waals surface area contributed by atoms with Gasteiger partial charge in [-0.05, 0) is 0 Å². The summed E-state index contributed by atoms with van der Waals surface area (Å²) in [4.78, 5) is 17.0. The van der Waals surface area contributed by atoms with Crippen molar-refractivity contribution in [2.75, 3.05) is 0 Å². The Bertz CT molecular complexity index is 37.9. The summed E-state index contributed by atoms with van der Waals surface area (Å²) < 4.78 is 8.52. The van der Waals surface area contributed by atoms with Crippen LogP contribution in [0.25, 0.3) is 0 Å². The number of hydrogen-bond donors (Lipinski definition) is 0. The van der Waals surface area contributed by atoms with E-state index in [2.05, 4.69) is 0 Å². The van der Waals surface area contributed by atoms with Gasteiger partial charge in [0.2, 0.25) is 0 Å². The summed E-state index contributed by atoms with van der Waals surface area (Å²) in [5.74, 6) is 0. The minimum atomic E-state index is -3.63. The van der Waals surface area contributed by atoms with Crippen LogP contribution in [-0.2, 0) is 4.46 Å².